The molecule has 1 atom stereocenters. The Morgan fingerprint density at radius 3 is 2.56 bits per heavy atom. The minimum Gasteiger partial charge on any atom is -0.328 e. The normalized spacial score (nSPS) is 12.4. The van der Waals surface area contributed by atoms with E-state index in [0.717, 1.165) is 11.3 Å². The number of hydrogen-bond acceptors (Lipinski definition) is 4. The fraction of sp³-hybridized carbons (Fsp3) is 0.167. The van der Waals surface area contributed by atoms with Gasteiger partial charge in [-0.2, -0.15) is 0 Å². The highest BCUT2D eigenvalue weighted by Crippen LogP contribution is 2.16. The lowest BCUT2D eigenvalue weighted by Gasteiger charge is -2.08. The van der Waals surface area contributed by atoms with Crippen molar-refractivity contribution in [2.24, 2.45) is 11.5 Å². The molecule has 2 aromatic rings. The van der Waals surface area contributed by atoms with Crippen molar-refractivity contribution in [1.29, 1.82) is 0 Å². The third kappa shape index (κ3) is 2.24. The van der Waals surface area contributed by atoms with Crippen LogP contribution in [-0.4, -0.2) is 16.5 Å². The van der Waals surface area contributed by atoms with Crippen molar-refractivity contribution in [3.8, 4) is 11.3 Å². The fourth-order valence-electron chi connectivity index (χ4n) is 1.43. The number of aromatic nitrogens is 2. The Bertz CT molecular complexity index is 456. The van der Waals surface area contributed by atoms with Crippen LogP contribution in [0.4, 0.5) is 0 Å². The van der Waals surface area contributed by atoms with Gasteiger partial charge in [0.05, 0.1) is 11.7 Å². The molecule has 16 heavy (non-hydrogen) atoms. The van der Waals surface area contributed by atoms with Crippen molar-refractivity contribution in [3.63, 3.8) is 0 Å². The molecule has 0 aliphatic carbocycles. The third-order valence-corrected chi connectivity index (χ3v) is 2.33. The first-order valence-electron chi connectivity index (χ1n) is 5.15. The molecule has 0 radical (unpaired) electrons. The van der Waals surface area contributed by atoms with Crippen LogP contribution in [0.2, 0.25) is 0 Å². The summed E-state index contributed by atoms with van der Waals surface area (Å²) in [5, 5.41) is 0. The molecule has 4 heteroatoms. The minimum absolute atomic E-state index is 0.302. The number of nitrogens with two attached hydrogens (primary N) is 2. The quantitative estimate of drug-likeness (QED) is 0.802. The summed E-state index contributed by atoms with van der Waals surface area (Å²) in [5.41, 5.74) is 13.2. The molecule has 0 aliphatic rings. The van der Waals surface area contributed by atoms with E-state index in [1.165, 1.54) is 0 Å². The molecule has 1 heterocycles. The molecule has 0 saturated heterocycles. The first kappa shape index (κ1) is 10.7. The zero-order valence-corrected chi connectivity index (χ0v) is 8.88. The molecule has 0 spiro atoms. The Balaban J connectivity index is 2.36. The summed E-state index contributed by atoms with van der Waals surface area (Å²) in [6, 6.07) is 11.5. The van der Waals surface area contributed by atoms with Crippen LogP contribution in [0.25, 0.3) is 11.3 Å². The molecule has 82 valence electrons. The monoisotopic (exact) mass is 214 g/mol. The van der Waals surface area contributed by atoms with Gasteiger partial charge in [0.1, 0.15) is 5.82 Å². The van der Waals surface area contributed by atoms with Crippen molar-refractivity contribution in [1.82, 2.24) is 9.97 Å². The van der Waals surface area contributed by atoms with E-state index in [-0.39, 0.29) is 6.04 Å². The van der Waals surface area contributed by atoms with Crippen LogP contribution in [0.15, 0.2) is 42.6 Å². The van der Waals surface area contributed by atoms with Crippen molar-refractivity contribution in [3.05, 3.63) is 48.4 Å². The molecule has 0 saturated carbocycles. The maximum Gasteiger partial charge on any atom is 0.146 e. The van der Waals surface area contributed by atoms with E-state index in [1.807, 2.05) is 36.4 Å². The van der Waals surface area contributed by atoms with Crippen LogP contribution in [0.5, 0.6) is 0 Å². The van der Waals surface area contributed by atoms with Crippen molar-refractivity contribution in [2.45, 2.75) is 6.04 Å². The average molecular weight is 214 g/mol. The topological polar surface area (TPSA) is 77.8 Å². The Labute approximate surface area is 94.3 Å². The molecule has 0 aliphatic heterocycles. The summed E-state index contributed by atoms with van der Waals surface area (Å²) in [7, 11) is 0. The van der Waals surface area contributed by atoms with E-state index < -0.39 is 0 Å². The molecule has 1 aromatic carbocycles. The van der Waals surface area contributed by atoms with Crippen molar-refractivity contribution in [2.75, 3.05) is 6.54 Å². The SMILES string of the molecule is NCC(N)c1nccc(-c2ccccc2)n1. The highest BCUT2D eigenvalue weighted by atomic mass is 14.9. The van der Waals surface area contributed by atoms with Gasteiger partial charge in [-0.15, -0.1) is 0 Å². The third-order valence-electron chi connectivity index (χ3n) is 2.33. The van der Waals surface area contributed by atoms with Gasteiger partial charge in [0.15, 0.2) is 0 Å². The molecule has 0 bridgehead atoms. The van der Waals surface area contributed by atoms with E-state index in [2.05, 4.69) is 9.97 Å². The Kier molecular flexibility index (Phi) is 3.24. The van der Waals surface area contributed by atoms with Gasteiger partial charge in [-0.1, -0.05) is 30.3 Å². The largest absolute Gasteiger partial charge is 0.328 e. The smallest absolute Gasteiger partial charge is 0.146 e. The molecule has 2 rings (SSSR count). The number of benzene rings is 1. The second kappa shape index (κ2) is 4.83. The highest BCUT2D eigenvalue weighted by Gasteiger charge is 2.08. The van der Waals surface area contributed by atoms with Crippen LogP contribution in [0.1, 0.15) is 11.9 Å². The summed E-state index contributed by atoms with van der Waals surface area (Å²) < 4.78 is 0. The highest BCUT2D eigenvalue weighted by molar-refractivity contribution is 5.58. The lowest BCUT2D eigenvalue weighted by atomic mass is 10.1. The standard InChI is InChI=1S/C12H14N4/c13-8-10(14)12-15-7-6-11(16-12)9-4-2-1-3-5-9/h1-7,10H,8,13-14H2. The summed E-state index contributed by atoms with van der Waals surface area (Å²) >= 11 is 0. The van der Waals surface area contributed by atoms with Gasteiger partial charge in [0, 0.05) is 18.3 Å². The van der Waals surface area contributed by atoms with E-state index in [0.29, 0.717) is 12.4 Å². The zero-order valence-electron chi connectivity index (χ0n) is 8.88. The van der Waals surface area contributed by atoms with Crippen molar-refractivity contribution >= 4 is 0 Å². The number of rotatable bonds is 3. The summed E-state index contributed by atoms with van der Waals surface area (Å²) in [5.74, 6) is 0.587. The lowest BCUT2D eigenvalue weighted by molar-refractivity contribution is 0.682. The van der Waals surface area contributed by atoms with E-state index in [4.69, 9.17) is 11.5 Å². The molecule has 0 amide bonds. The second-order valence-corrected chi connectivity index (χ2v) is 3.51. The molecule has 4 nitrogen and oxygen atoms in total. The van der Waals surface area contributed by atoms with Crippen LogP contribution in [-0.2, 0) is 0 Å². The zero-order chi connectivity index (χ0) is 11.4. The molecular weight excluding hydrogens is 200 g/mol. The Morgan fingerprint density at radius 2 is 1.88 bits per heavy atom. The lowest BCUT2D eigenvalue weighted by Crippen LogP contribution is -2.23. The first-order valence-corrected chi connectivity index (χ1v) is 5.15. The van der Waals surface area contributed by atoms with E-state index >= 15 is 0 Å². The number of nitrogens with zero attached hydrogens (tertiary/aromatic N) is 2. The number of hydrogen-bond donors (Lipinski definition) is 2. The van der Waals surface area contributed by atoms with Gasteiger partial charge in [-0.3, -0.25) is 0 Å². The van der Waals surface area contributed by atoms with Gasteiger partial charge in [0.25, 0.3) is 0 Å². The molecule has 1 unspecified atom stereocenters. The van der Waals surface area contributed by atoms with Crippen LogP contribution in [0.3, 0.4) is 0 Å². The van der Waals surface area contributed by atoms with E-state index in [9.17, 15) is 0 Å². The first-order chi connectivity index (χ1) is 7.81. The average Bonchev–Trinajstić information content (AvgIpc) is 2.39. The maximum absolute atomic E-state index is 5.79. The minimum atomic E-state index is -0.302. The van der Waals surface area contributed by atoms with Gasteiger partial charge < -0.3 is 11.5 Å². The molecule has 4 N–H and O–H groups in total. The van der Waals surface area contributed by atoms with Crippen LogP contribution in [0, 0.1) is 0 Å². The van der Waals surface area contributed by atoms with Crippen LogP contribution >= 0.6 is 0 Å². The van der Waals surface area contributed by atoms with Gasteiger partial charge in [0.2, 0.25) is 0 Å². The van der Waals surface area contributed by atoms with E-state index in [1.54, 1.807) is 6.20 Å². The Hall–Kier alpha value is -1.78. The summed E-state index contributed by atoms with van der Waals surface area (Å²) in [6.45, 7) is 0.345. The second-order valence-electron chi connectivity index (χ2n) is 3.51. The Morgan fingerprint density at radius 1 is 1.12 bits per heavy atom. The van der Waals surface area contributed by atoms with Gasteiger partial charge >= 0.3 is 0 Å². The molecule has 0 fully saturated rings. The predicted molar refractivity (Wildman–Crippen MR) is 63.5 cm³/mol. The van der Waals surface area contributed by atoms with Crippen LogP contribution < -0.4 is 11.5 Å². The fourth-order valence-corrected chi connectivity index (χ4v) is 1.43. The van der Waals surface area contributed by atoms with Gasteiger partial charge in [-0.05, 0) is 6.07 Å². The molecular formula is C12H14N4. The molecule has 1 aromatic heterocycles. The van der Waals surface area contributed by atoms with Crippen molar-refractivity contribution < 1.29 is 0 Å². The van der Waals surface area contributed by atoms with Gasteiger partial charge in [-0.25, -0.2) is 9.97 Å². The summed E-state index contributed by atoms with van der Waals surface area (Å²) in [6.07, 6.45) is 1.71. The maximum atomic E-state index is 5.79. The summed E-state index contributed by atoms with van der Waals surface area (Å²) in [4.78, 5) is 8.52. The predicted octanol–water partition coefficient (Wildman–Crippen LogP) is 1.10.